The molecule has 0 saturated heterocycles. The Labute approximate surface area is 182 Å². The van der Waals surface area contributed by atoms with E-state index in [2.05, 4.69) is 20.4 Å². The molecule has 0 atom stereocenters. The predicted octanol–water partition coefficient (Wildman–Crippen LogP) is 4.46. The molecule has 31 heavy (non-hydrogen) atoms. The minimum absolute atomic E-state index is 0.243. The quantitative estimate of drug-likeness (QED) is 0.459. The van der Waals surface area contributed by atoms with Crippen molar-refractivity contribution in [2.75, 3.05) is 11.9 Å². The average Bonchev–Trinajstić information content (AvgIpc) is 3.23. The third-order valence-electron chi connectivity index (χ3n) is 4.30. The van der Waals surface area contributed by atoms with Gasteiger partial charge in [-0.3, -0.25) is 9.78 Å². The second-order valence-electron chi connectivity index (χ2n) is 6.53. The van der Waals surface area contributed by atoms with Crippen molar-refractivity contribution in [2.24, 2.45) is 0 Å². The number of nitrogens with one attached hydrogen (secondary N) is 1. The van der Waals surface area contributed by atoms with E-state index in [1.165, 1.54) is 12.1 Å². The first-order valence-corrected chi connectivity index (χ1v) is 9.73. The van der Waals surface area contributed by atoms with Gasteiger partial charge in [-0.1, -0.05) is 23.7 Å². The molecule has 7 nitrogen and oxygen atoms in total. The molecule has 0 radical (unpaired) electrons. The highest BCUT2D eigenvalue weighted by Gasteiger charge is 2.18. The van der Waals surface area contributed by atoms with E-state index in [0.717, 1.165) is 10.2 Å². The van der Waals surface area contributed by atoms with Crippen molar-refractivity contribution < 1.29 is 13.9 Å². The summed E-state index contributed by atoms with van der Waals surface area (Å²) in [4.78, 5) is 21.3. The molecular weight excluding hydrogens is 421 g/mol. The van der Waals surface area contributed by atoms with Gasteiger partial charge in [-0.15, -0.1) is 5.10 Å². The van der Waals surface area contributed by atoms with Gasteiger partial charge in [0.2, 0.25) is 5.95 Å². The van der Waals surface area contributed by atoms with Crippen LogP contribution in [0.1, 0.15) is 10.4 Å². The zero-order chi connectivity index (χ0) is 21.6. The van der Waals surface area contributed by atoms with Gasteiger partial charge in [0.1, 0.15) is 11.6 Å². The maximum absolute atomic E-state index is 13.1. The first kappa shape index (κ1) is 20.5. The summed E-state index contributed by atoms with van der Waals surface area (Å²) in [5.74, 6) is 0.355. The van der Waals surface area contributed by atoms with Crippen molar-refractivity contribution in [3.63, 3.8) is 0 Å². The summed E-state index contributed by atoms with van der Waals surface area (Å²) in [6.45, 7) is 0.0828. The van der Waals surface area contributed by atoms with Gasteiger partial charge in [0.15, 0.2) is 12.4 Å². The summed E-state index contributed by atoms with van der Waals surface area (Å²) in [5.41, 5.74) is 1.49. The number of hydrogen-bond acceptors (Lipinski definition) is 6. The van der Waals surface area contributed by atoms with Crippen molar-refractivity contribution in [2.45, 2.75) is 6.54 Å². The fraction of sp³-hybridized carbons (Fsp3) is 0.0909. The topological polar surface area (TPSA) is 81.9 Å². The number of benzene rings is 2. The van der Waals surface area contributed by atoms with Crippen LogP contribution in [0.4, 0.5) is 10.3 Å². The van der Waals surface area contributed by atoms with E-state index in [1.54, 1.807) is 60.9 Å². The monoisotopic (exact) mass is 437 g/mol. The highest BCUT2D eigenvalue weighted by molar-refractivity contribution is 6.30. The molecule has 0 aliphatic rings. The van der Waals surface area contributed by atoms with Crippen molar-refractivity contribution in [1.29, 1.82) is 0 Å². The largest absolute Gasteiger partial charge is 0.484 e. The van der Waals surface area contributed by atoms with Crippen LogP contribution in [0.5, 0.6) is 5.75 Å². The summed E-state index contributed by atoms with van der Waals surface area (Å²) in [6, 6.07) is 16.3. The van der Waals surface area contributed by atoms with E-state index in [-0.39, 0.29) is 18.4 Å². The lowest BCUT2D eigenvalue weighted by Gasteiger charge is -2.09. The van der Waals surface area contributed by atoms with Gasteiger partial charge in [0, 0.05) is 29.5 Å². The summed E-state index contributed by atoms with van der Waals surface area (Å²) in [5, 5.41) is 7.98. The molecule has 0 saturated carbocycles. The first-order valence-electron chi connectivity index (χ1n) is 9.36. The average molecular weight is 438 g/mol. The SMILES string of the molecule is O=C(COc1ccc(Cl)cc1)n1nc(-c2cccnc2)nc1NCc1ccc(F)cc1. The molecule has 2 heterocycles. The number of nitrogens with zero attached hydrogens (tertiary/aromatic N) is 4. The van der Waals surface area contributed by atoms with Gasteiger partial charge in [-0.05, 0) is 54.1 Å². The molecule has 4 aromatic rings. The first-order chi connectivity index (χ1) is 15.1. The summed E-state index contributed by atoms with van der Waals surface area (Å²) in [6.07, 6.45) is 3.25. The van der Waals surface area contributed by atoms with E-state index < -0.39 is 5.91 Å². The van der Waals surface area contributed by atoms with Gasteiger partial charge in [-0.25, -0.2) is 4.39 Å². The van der Waals surface area contributed by atoms with E-state index in [0.29, 0.717) is 28.7 Å². The number of ether oxygens (including phenoxy) is 1. The normalized spacial score (nSPS) is 10.6. The molecule has 0 spiro atoms. The molecule has 2 aromatic carbocycles. The molecule has 0 amide bonds. The van der Waals surface area contributed by atoms with E-state index in [1.807, 2.05) is 0 Å². The van der Waals surface area contributed by atoms with Crippen LogP contribution < -0.4 is 10.1 Å². The van der Waals surface area contributed by atoms with Crippen molar-refractivity contribution in [1.82, 2.24) is 19.7 Å². The summed E-state index contributed by atoms with van der Waals surface area (Å²) in [7, 11) is 0. The van der Waals surface area contributed by atoms with Crippen LogP contribution in [-0.2, 0) is 6.54 Å². The minimum atomic E-state index is -0.417. The summed E-state index contributed by atoms with van der Waals surface area (Å²) < 4.78 is 19.8. The van der Waals surface area contributed by atoms with Gasteiger partial charge < -0.3 is 10.1 Å². The molecule has 0 aliphatic carbocycles. The Morgan fingerprint density at radius 2 is 1.87 bits per heavy atom. The number of aromatic nitrogens is 4. The highest BCUT2D eigenvalue weighted by atomic mass is 35.5. The highest BCUT2D eigenvalue weighted by Crippen LogP contribution is 2.19. The number of halogens is 2. The van der Waals surface area contributed by atoms with Crippen LogP contribution in [0.25, 0.3) is 11.4 Å². The predicted molar refractivity (Wildman–Crippen MR) is 115 cm³/mol. The fourth-order valence-electron chi connectivity index (χ4n) is 2.74. The molecule has 1 N–H and O–H groups in total. The van der Waals surface area contributed by atoms with Crippen LogP contribution in [0.15, 0.2) is 73.1 Å². The third-order valence-corrected chi connectivity index (χ3v) is 4.55. The van der Waals surface area contributed by atoms with E-state index >= 15 is 0 Å². The zero-order valence-corrected chi connectivity index (χ0v) is 17.0. The Balaban J connectivity index is 1.54. The van der Waals surface area contributed by atoms with Crippen LogP contribution in [-0.4, -0.2) is 32.3 Å². The Kier molecular flexibility index (Phi) is 6.18. The lowest BCUT2D eigenvalue weighted by atomic mass is 10.2. The number of hydrogen-bond donors (Lipinski definition) is 1. The lowest BCUT2D eigenvalue weighted by Crippen LogP contribution is -2.22. The molecule has 4 rings (SSSR count). The van der Waals surface area contributed by atoms with Crippen molar-refractivity contribution >= 4 is 23.5 Å². The molecule has 156 valence electrons. The fourth-order valence-corrected chi connectivity index (χ4v) is 2.86. The van der Waals surface area contributed by atoms with Gasteiger partial charge >= 0.3 is 0 Å². The molecule has 0 aliphatic heterocycles. The Morgan fingerprint density at radius 1 is 1.10 bits per heavy atom. The number of rotatable bonds is 7. The van der Waals surface area contributed by atoms with Crippen LogP contribution >= 0.6 is 11.6 Å². The van der Waals surface area contributed by atoms with Crippen LogP contribution in [0, 0.1) is 5.82 Å². The maximum Gasteiger partial charge on any atom is 0.287 e. The second-order valence-corrected chi connectivity index (χ2v) is 6.97. The molecular formula is C22H17ClFN5O2. The Hall–Kier alpha value is -3.78. The third kappa shape index (κ3) is 5.23. The maximum atomic E-state index is 13.1. The molecule has 0 bridgehead atoms. The molecule has 9 heteroatoms. The number of carbonyl (C=O) groups excluding carboxylic acids is 1. The lowest BCUT2D eigenvalue weighted by molar-refractivity contribution is 0.0824. The van der Waals surface area contributed by atoms with Crippen molar-refractivity contribution in [3.05, 3.63) is 89.5 Å². The van der Waals surface area contributed by atoms with Crippen LogP contribution in [0.3, 0.4) is 0 Å². The van der Waals surface area contributed by atoms with E-state index in [4.69, 9.17) is 16.3 Å². The van der Waals surface area contributed by atoms with Crippen LogP contribution in [0.2, 0.25) is 5.02 Å². The van der Waals surface area contributed by atoms with Gasteiger partial charge in [0.25, 0.3) is 5.91 Å². The number of pyridine rings is 1. The molecule has 0 unspecified atom stereocenters. The molecule has 0 fully saturated rings. The van der Waals surface area contributed by atoms with Gasteiger partial charge in [0.05, 0.1) is 0 Å². The van der Waals surface area contributed by atoms with Gasteiger partial charge in [-0.2, -0.15) is 9.67 Å². The Morgan fingerprint density at radius 3 is 2.58 bits per heavy atom. The Bertz CT molecular complexity index is 1160. The standard InChI is InChI=1S/C22H17ClFN5O2/c23-17-5-9-19(10-6-17)31-14-20(30)29-22(26-12-15-3-7-18(24)8-4-15)27-21(28-29)16-2-1-11-25-13-16/h1-11,13H,12,14H2,(H,26,27,28). The van der Waals surface area contributed by atoms with E-state index in [9.17, 15) is 9.18 Å². The number of carbonyl (C=O) groups is 1. The minimum Gasteiger partial charge on any atom is -0.484 e. The zero-order valence-electron chi connectivity index (χ0n) is 16.2. The smallest absolute Gasteiger partial charge is 0.287 e. The summed E-state index contributed by atoms with van der Waals surface area (Å²) >= 11 is 5.87. The van der Waals surface area contributed by atoms with Crippen molar-refractivity contribution in [3.8, 4) is 17.1 Å². The molecule has 2 aromatic heterocycles. The second kappa shape index (κ2) is 9.36. The number of anilines is 1.